The van der Waals surface area contributed by atoms with Gasteiger partial charge in [0.2, 0.25) is 0 Å². The first-order chi connectivity index (χ1) is 15.6. The minimum Gasteiger partial charge on any atom is -0.493 e. The standard InChI is InChI=1S/C23H26N6O3/c1-14-6-20-19(8-18(14)15-7-21(31-2)22-24-13-25-28(22)9-15)26-23(30)29(20)16-4-3-5-27(10-16)17-11-32-12-17/h6-9,13,16-17H,3-5,10-12H2,1-2H3,(H,26,30)/t16-/m1/s1. The van der Waals surface area contributed by atoms with Gasteiger partial charge in [0.15, 0.2) is 11.4 Å². The molecular formula is C23H26N6O3. The smallest absolute Gasteiger partial charge is 0.326 e. The van der Waals surface area contributed by atoms with Gasteiger partial charge in [0.25, 0.3) is 0 Å². The van der Waals surface area contributed by atoms with Crippen LogP contribution in [0.5, 0.6) is 5.75 Å². The van der Waals surface area contributed by atoms with Gasteiger partial charge in [-0.25, -0.2) is 14.3 Å². The number of hydrogen-bond donors (Lipinski definition) is 1. The number of hydrogen-bond acceptors (Lipinski definition) is 6. The third-order valence-electron chi connectivity index (χ3n) is 6.86. The normalized spacial score (nSPS) is 20.1. The van der Waals surface area contributed by atoms with E-state index >= 15 is 0 Å². The number of fused-ring (bicyclic) bond motifs is 2. The van der Waals surface area contributed by atoms with Crippen LogP contribution in [-0.2, 0) is 4.74 Å². The molecule has 2 aliphatic rings. The Morgan fingerprint density at radius 1 is 1.22 bits per heavy atom. The van der Waals surface area contributed by atoms with Gasteiger partial charge in [0.05, 0.1) is 43.4 Å². The number of aromatic amines is 1. The summed E-state index contributed by atoms with van der Waals surface area (Å²) in [6.07, 6.45) is 5.55. The lowest BCUT2D eigenvalue weighted by Gasteiger charge is -2.42. The maximum absolute atomic E-state index is 13.0. The SMILES string of the molecule is COc1cc(-c2cc3[nH]c(=O)n([C@@H]4CCCN(C5COC5)C4)c3cc2C)cn2ncnc12. The quantitative estimate of drug-likeness (QED) is 0.531. The van der Waals surface area contributed by atoms with Crippen LogP contribution in [0.2, 0.25) is 0 Å². The molecule has 166 valence electrons. The fourth-order valence-electron chi connectivity index (χ4n) is 5.10. The predicted molar refractivity (Wildman–Crippen MR) is 120 cm³/mol. The van der Waals surface area contributed by atoms with Crippen LogP contribution in [0.3, 0.4) is 0 Å². The second kappa shape index (κ2) is 7.46. The van der Waals surface area contributed by atoms with E-state index in [1.54, 1.807) is 11.6 Å². The number of H-pyrrole nitrogens is 1. The maximum atomic E-state index is 13.0. The number of rotatable bonds is 4. The van der Waals surface area contributed by atoms with Crippen molar-refractivity contribution < 1.29 is 9.47 Å². The van der Waals surface area contributed by atoms with Gasteiger partial charge < -0.3 is 14.5 Å². The van der Waals surface area contributed by atoms with E-state index in [1.807, 2.05) is 16.8 Å². The molecule has 4 aromatic rings. The summed E-state index contributed by atoms with van der Waals surface area (Å²) in [5, 5.41) is 4.27. The number of imidazole rings is 1. The molecule has 3 aromatic heterocycles. The third kappa shape index (κ3) is 3.03. The van der Waals surface area contributed by atoms with Crippen molar-refractivity contribution in [1.29, 1.82) is 0 Å². The molecule has 1 atom stereocenters. The number of aryl methyl sites for hydroxylation is 1. The van der Waals surface area contributed by atoms with Crippen LogP contribution in [0.15, 0.2) is 35.5 Å². The van der Waals surface area contributed by atoms with Crippen molar-refractivity contribution in [2.75, 3.05) is 33.4 Å². The van der Waals surface area contributed by atoms with Gasteiger partial charge in [0, 0.05) is 18.3 Å². The van der Waals surface area contributed by atoms with Crippen molar-refractivity contribution >= 4 is 16.7 Å². The van der Waals surface area contributed by atoms with Gasteiger partial charge in [-0.1, -0.05) is 0 Å². The first-order valence-corrected chi connectivity index (χ1v) is 11.1. The summed E-state index contributed by atoms with van der Waals surface area (Å²) in [4.78, 5) is 22.8. The lowest BCUT2D eigenvalue weighted by Crippen LogP contribution is -2.53. The molecular weight excluding hydrogens is 408 g/mol. The molecule has 6 rings (SSSR count). The van der Waals surface area contributed by atoms with E-state index in [4.69, 9.17) is 9.47 Å². The van der Waals surface area contributed by atoms with Crippen molar-refractivity contribution in [3.63, 3.8) is 0 Å². The van der Waals surface area contributed by atoms with Crippen LogP contribution in [0.1, 0.15) is 24.4 Å². The molecule has 2 fully saturated rings. The Bertz CT molecular complexity index is 1370. The van der Waals surface area contributed by atoms with Gasteiger partial charge in [-0.05, 0) is 55.6 Å². The molecule has 0 aliphatic carbocycles. The van der Waals surface area contributed by atoms with Gasteiger partial charge in [0.1, 0.15) is 6.33 Å². The second-order valence-corrected chi connectivity index (χ2v) is 8.79. The highest BCUT2D eigenvalue weighted by Crippen LogP contribution is 2.33. The Morgan fingerprint density at radius 3 is 2.88 bits per heavy atom. The topological polar surface area (TPSA) is 89.7 Å². The monoisotopic (exact) mass is 434 g/mol. The van der Waals surface area contributed by atoms with Crippen LogP contribution < -0.4 is 10.4 Å². The average Bonchev–Trinajstić information content (AvgIpc) is 3.34. The molecule has 32 heavy (non-hydrogen) atoms. The predicted octanol–water partition coefficient (Wildman–Crippen LogP) is 2.39. The first-order valence-electron chi connectivity index (χ1n) is 11.1. The lowest BCUT2D eigenvalue weighted by molar-refractivity contribution is -0.0751. The molecule has 0 amide bonds. The van der Waals surface area contributed by atoms with Gasteiger partial charge >= 0.3 is 5.69 Å². The summed E-state index contributed by atoms with van der Waals surface area (Å²) in [5.41, 5.74) is 5.51. The number of nitrogens with one attached hydrogen (secondary N) is 1. The Labute approximate surface area is 184 Å². The van der Waals surface area contributed by atoms with Crippen LogP contribution in [0, 0.1) is 6.92 Å². The summed E-state index contributed by atoms with van der Waals surface area (Å²) in [6, 6.07) is 6.80. The molecule has 9 heteroatoms. The Hall–Kier alpha value is -3.17. The van der Waals surface area contributed by atoms with E-state index in [0.717, 1.165) is 66.9 Å². The molecule has 1 N–H and O–H groups in total. The fourth-order valence-corrected chi connectivity index (χ4v) is 5.10. The zero-order valence-corrected chi connectivity index (χ0v) is 18.2. The Morgan fingerprint density at radius 2 is 2.09 bits per heavy atom. The van der Waals surface area contributed by atoms with Crippen molar-refractivity contribution in [2.24, 2.45) is 0 Å². The summed E-state index contributed by atoms with van der Waals surface area (Å²) in [6.45, 7) is 5.65. The molecule has 0 radical (unpaired) electrons. The maximum Gasteiger partial charge on any atom is 0.326 e. The number of methoxy groups -OCH3 is 1. The van der Waals surface area contributed by atoms with E-state index in [0.29, 0.717) is 17.4 Å². The largest absolute Gasteiger partial charge is 0.493 e. The van der Waals surface area contributed by atoms with Crippen molar-refractivity contribution in [1.82, 2.24) is 29.0 Å². The number of pyridine rings is 1. The molecule has 0 spiro atoms. The molecule has 0 bridgehead atoms. The van der Waals surface area contributed by atoms with Crippen LogP contribution in [0.25, 0.3) is 27.8 Å². The van der Waals surface area contributed by atoms with Crippen LogP contribution in [0.4, 0.5) is 0 Å². The molecule has 0 unspecified atom stereocenters. The molecule has 9 nitrogen and oxygen atoms in total. The van der Waals surface area contributed by atoms with E-state index < -0.39 is 0 Å². The number of piperidine rings is 1. The minimum absolute atomic E-state index is 0.0439. The van der Waals surface area contributed by atoms with Crippen LogP contribution in [-0.4, -0.2) is 68.5 Å². The zero-order chi connectivity index (χ0) is 21.8. The van der Waals surface area contributed by atoms with E-state index in [1.165, 1.54) is 6.33 Å². The number of nitrogens with zero attached hydrogens (tertiary/aromatic N) is 5. The Kier molecular flexibility index (Phi) is 4.55. The molecule has 5 heterocycles. The zero-order valence-electron chi connectivity index (χ0n) is 18.2. The molecule has 2 aliphatic heterocycles. The van der Waals surface area contributed by atoms with Crippen molar-refractivity contribution in [2.45, 2.75) is 31.8 Å². The summed E-state index contributed by atoms with van der Waals surface area (Å²) in [7, 11) is 1.63. The number of ether oxygens (including phenoxy) is 2. The van der Waals surface area contributed by atoms with Gasteiger partial charge in [-0.3, -0.25) is 9.47 Å². The number of benzene rings is 1. The molecule has 2 saturated heterocycles. The summed E-state index contributed by atoms with van der Waals surface area (Å²) >= 11 is 0. The lowest BCUT2D eigenvalue weighted by atomic mass is 10.00. The first kappa shape index (κ1) is 19.5. The van der Waals surface area contributed by atoms with Crippen LogP contribution >= 0.6 is 0 Å². The fraction of sp³-hybridized carbons (Fsp3) is 0.435. The second-order valence-electron chi connectivity index (χ2n) is 8.79. The highest BCUT2D eigenvalue weighted by molar-refractivity contribution is 5.85. The van der Waals surface area contributed by atoms with E-state index in [9.17, 15) is 4.79 Å². The summed E-state index contributed by atoms with van der Waals surface area (Å²) in [5.74, 6) is 0.660. The Balaban J connectivity index is 1.42. The van der Waals surface area contributed by atoms with E-state index in [2.05, 4.69) is 39.0 Å². The van der Waals surface area contributed by atoms with Gasteiger partial charge in [-0.2, -0.15) is 5.10 Å². The molecule has 0 saturated carbocycles. The van der Waals surface area contributed by atoms with Gasteiger partial charge in [-0.15, -0.1) is 0 Å². The van der Waals surface area contributed by atoms with Crippen molar-refractivity contribution in [3.05, 3.63) is 46.8 Å². The third-order valence-corrected chi connectivity index (χ3v) is 6.86. The highest BCUT2D eigenvalue weighted by Gasteiger charge is 2.32. The average molecular weight is 435 g/mol. The van der Waals surface area contributed by atoms with E-state index in [-0.39, 0.29) is 11.7 Å². The minimum atomic E-state index is -0.0439. The number of likely N-dealkylation sites (tertiary alicyclic amines) is 1. The summed E-state index contributed by atoms with van der Waals surface area (Å²) < 4.78 is 14.6. The molecule has 1 aromatic carbocycles. The number of aromatic nitrogens is 5. The highest BCUT2D eigenvalue weighted by atomic mass is 16.5. The van der Waals surface area contributed by atoms with Crippen molar-refractivity contribution in [3.8, 4) is 16.9 Å².